The monoisotopic (exact) mass is 257 g/mol. The van der Waals surface area contributed by atoms with Crippen LogP contribution in [-0.4, -0.2) is 13.1 Å². The highest BCUT2D eigenvalue weighted by molar-refractivity contribution is 4.51. The van der Waals surface area contributed by atoms with Gasteiger partial charge in [-0.1, -0.05) is 85.5 Å². The fourth-order valence-corrected chi connectivity index (χ4v) is 2.19. The van der Waals surface area contributed by atoms with Crippen LogP contribution in [0.15, 0.2) is 0 Å². The molecule has 0 aromatic heterocycles. The Hall–Kier alpha value is -0.0400. The lowest BCUT2D eigenvalue weighted by atomic mass is 10.1. The van der Waals surface area contributed by atoms with Gasteiger partial charge in [0.15, 0.2) is 0 Å². The molecule has 0 bridgehead atoms. The molecular weight excluding hydrogens is 218 g/mol. The van der Waals surface area contributed by atoms with Gasteiger partial charge >= 0.3 is 0 Å². The molecule has 0 saturated heterocycles. The van der Waals surface area contributed by atoms with Crippen molar-refractivity contribution in [2.24, 2.45) is 0 Å². The summed E-state index contributed by atoms with van der Waals surface area (Å²) in [4.78, 5) is 0. The quantitative estimate of drug-likeness (QED) is 0.380. The van der Waals surface area contributed by atoms with E-state index in [1.165, 1.54) is 90.1 Å². The van der Waals surface area contributed by atoms with E-state index in [4.69, 9.17) is 0 Å². The predicted octanol–water partition coefficient (Wildman–Crippen LogP) is 5.93. The molecule has 1 heteroatoms. The van der Waals surface area contributed by atoms with E-state index >= 15 is 0 Å². The predicted molar refractivity (Wildman–Crippen MR) is 86.4 cm³/mol. The summed E-state index contributed by atoms with van der Waals surface area (Å²) in [6, 6.07) is 0. The molecule has 18 heavy (non-hydrogen) atoms. The zero-order valence-corrected chi connectivity index (χ0v) is 12.4. The lowest BCUT2D eigenvalue weighted by Crippen LogP contribution is -2.16. The first-order valence-electron chi connectivity index (χ1n) is 8.12. The summed E-state index contributed by atoms with van der Waals surface area (Å²) in [5.41, 5.74) is 0. The molecule has 0 amide bonds. The molecule has 0 spiro atoms. The van der Waals surface area contributed by atoms with Crippen molar-refractivity contribution in [3.63, 3.8) is 0 Å². The molecule has 0 rings (SSSR count). The van der Waals surface area contributed by atoms with Gasteiger partial charge in [0.1, 0.15) is 0 Å². The van der Waals surface area contributed by atoms with Gasteiger partial charge in [-0.05, 0) is 25.9 Å². The van der Waals surface area contributed by atoms with E-state index in [1.54, 1.807) is 0 Å². The molecule has 0 aliphatic carbocycles. The van der Waals surface area contributed by atoms with Crippen molar-refractivity contribution in [1.82, 2.24) is 5.32 Å². The van der Waals surface area contributed by atoms with Gasteiger partial charge in [0.05, 0.1) is 0 Å². The van der Waals surface area contributed by atoms with Gasteiger partial charge in [0.25, 0.3) is 0 Å². The van der Waals surface area contributed by atoms with Crippen molar-refractivity contribution >= 4 is 0 Å². The van der Waals surface area contributed by atoms with Gasteiger partial charge in [0, 0.05) is 0 Å². The smallest absolute Gasteiger partial charge is 0.00489 e. The van der Waals surface area contributed by atoms with Crippen LogP contribution in [0.25, 0.3) is 0 Å². The largest absolute Gasteiger partial charge is 0.317 e. The molecule has 0 fully saturated rings. The minimum Gasteiger partial charge on any atom is -0.317 e. The summed E-state index contributed by atoms with van der Waals surface area (Å²) in [5.74, 6) is 0. The first kappa shape index (κ1) is 20.3. The summed E-state index contributed by atoms with van der Waals surface area (Å²) in [6.45, 7) is 7.03. The van der Waals surface area contributed by atoms with Crippen LogP contribution in [0.1, 0.15) is 98.3 Å². The second kappa shape index (κ2) is 19.3. The van der Waals surface area contributed by atoms with Crippen LogP contribution in [0.4, 0.5) is 0 Å². The van der Waals surface area contributed by atoms with Gasteiger partial charge < -0.3 is 5.32 Å². The number of hydrogen-bond acceptors (Lipinski definition) is 1. The van der Waals surface area contributed by atoms with E-state index in [2.05, 4.69) is 19.2 Å². The molecule has 0 atom stereocenters. The number of nitrogens with one attached hydrogen (secondary N) is 1. The summed E-state index contributed by atoms with van der Waals surface area (Å²) in [7, 11) is 0. The van der Waals surface area contributed by atoms with Crippen molar-refractivity contribution in [1.29, 1.82) is 0 Å². The Kier molecular flexibility index (Phi) is 21.7. The second-order valence-electron chi connectivity index (χ2n) is 5.29. The van der Waals surface area contributed by atoms with E-state index in [0.717, 1.165) is 0 Å². The average molecular weight is 258 g/mol. The maximum atomic E-state index is 3.57. The molecule has 0 unspecified atom stereocenters. The topological polar surface area (TPSA) is 12.0 Å². The van der Waals surface area contributed by atoms with Gasteiger partial charge in [-0.3, -0.25) is 0 Å². The molecule has 0 aliphatic rings. The van der Waals surface area contributed by atoms with Gasteiger partial charge in [-0.2, -0.15) is 0 Å². The van der Waals surface area contributed by atoms with E-state index in [1.807, 2.05) is 0 Å². The Labute approximate surface area is 117 Å². The highest BCUT2D eigenvalue weighted by Gasteiger charge is 1.92. The van der Waals surface area contributed by atoms with Crippen LogP contribution in [0.5, 0.6) is 0 Å². The Balaban J connectivity index is 0. The van der Waals surface area contributed by atoms with E-state index in [-0.39, 0.29) is 7.43 Å². The lowest BCUT2D eigenvalue weighted by molar-refractivity contribution is 0.543. The Morgan fingerprint density at radius 2 is 0.833 bits per heavy atom. The molecule has 0 radical (unpaired) electrons. The minimum absolute atomic E-state index is 0. The molecule has 1 N–H and O–H groups in total. The highest BCUT2D eigenvalue weighted by atomic mass is 14.8. The molecule has 0 saturated carbocycles. The first-order valence-corrected chi connectivity index (χ1v) is 8.12. The zero-order chi connectivity index (χ0) is 12.6. The Morgan fingerprint density at radius 3 is 1.22 bits per heavy atom. The molecule has 0 heterocycles. The Morgan fingerprint density at radius 1 is 0.500 bits per heavy atom. The normalized spacial score (nSPS) is 10.3. The minimum atomic E-state index is 0. The molecule has 1 nitrogen and oxygen atoms in total. The number of rotatable bonds is 14. The maximum absolute atomic E-state index is 3.57. The molecule has 0 aliphatic heterocycles. The fourth-order valence-electron chi connectivity index (χ4n) is 2.19. The van der Waals surface area contributed by atoms with Crippen LogP contribution in [0.3, 0.4) is 0 Å². The fraction of sp³-hybridized carbons (Fsp3) is 1.00. The van der Waals surface area contributed by atoms with E-state index in [9.17, 15) is 0 Å². The van der Waals surface area contributed by atoms with Crippen molar-refractivity contribution in [3.05, 3.63) is 0 Å². The van der Waals surface area contributed by atoms with Crippen LogP contribution >= 0.6 is 0 Å². The van der Waals surface area contributed by atoms with Crippen LogP contribution in [0.2, 0.25) is 0 Å². The van der Waals surface area contributed by atoms with Crippen LogP contribution < -0.4 is 5.32 Å². The van der Waals surface area contributed by atoms with E-state index < -0.39 is 0 Å². The lowest BCUT2D eigenvalue weighted by Gasteiger charge is -2.04. The SMILES string of the molecule is C.CCCCCCCCNCCCCCCCC. The van der Waals surface area contributed by atoms with Crippen molar-refractivity contribution in [2.75, 3.05) is 13.1 Å². The summed E-state index contributed by atoms with van der Waals surface area (Å²) in [5, 5.41) is 3.57. The maximum Gasteiger partial charge on any atom is -0.00489 e. The average Bonchev–Trinajstić information content (AvgIpc) is 2.35. The molecule has 0 aromatic rings. The second-order valence-corrected chi connectivity index (χ2v) is 5.29. The third kappa shape index (κ3) is 18.3. The summed E-state index contributed by atoms with van der Waals surface area (Å²) < 4.78 is 0. The van der Waals surface area contributed by atoms with Gasteiger partial charge in [-0.15, -0.1) is 0 Å². The summed E-state index contributed by atoms with van der Waals surface area (Å²) in [6.07, 6.45) is 16.9. The van der Waals surface area contributed by atoms with Crippen molar-refractivity contribution in [2.45, 2.75) is 98.3 Å². The van der Waals surface area contributed by atoms with Crippen LogP contribution in [-0.2, 0) is 0 Å². The van der Waals surface area contributed by atoms with Crippen LogP contribution in [0, 0.1) is 0 Å². The number of hydrogen-bond donors (Lipinski definition) is 1. The van der Waals surface area contributed by atoms with Gasteiger partial charge in [0.2, 0.25) is 0 Å². The van der Waals surface area contributed by atoms with Crippen molar-refractivity contribution in [3.8, 4) is 0 Å². The highest BCUT2D eigenvalue weighted by Crippen LogP contribution is 2.05. The zero-order valence-electron chi connectivity index (χ0n) is 12.4. The number of unbranched alkanes of at least 4 members (excludes halogenated alkanes) is 10. The first-order chi connectivity index (χ1) is 8.41. The summed E-state index contributed by atoms with van der Waals surface area (Å²) >= 11 is 0. The molecule has 0 aromatic carbocycles. The van der Waals surface area contributed by atoms with Crippen molar-refractivity contribution < 1.29 is 0 Å². The standard InChI is InChI=1S/C16H35N.CH4/c1-3-5-7-9-11-13-15-17-16-14-12-10-8-6-4-2;/h17H,3-16H2,1-2H3;1H4. The Bertz CT molecular complexity index is 109. The third-order valence-corrected chi connectivity index (χ3v) is 3.41. The van der Waals surface area contributed by atoms with Gasteiger partial charge in [-0.25, -0.2) is 0 Å². The molecular formula is C17H39N. The third-order valence-electron chi connectivity index (χ3n) is 3.41. The van der Waals surface area contributed by atoms with E-state index in [0.29, 0.717) is 0 Å². The molecule has 112 valence electrons.